The number of allylic oxidation sites excluding steroid dienone is 5. The third-order valence-corrected chi connectivity index (χ3v) is 3.06. The van der Waals surface area contributed by atoms with Gasteiger partial charge in [-0.25, -0.2) is 0 Å². The molecule has 0 unspecified atom stereocenters. The van der Waals surface area contributed by atoms with Gasteiger partial charge in [0.15, 0.2) is 0 Å². The maximum absolute atomic E-state index is 4.44. The Morgan fingerprint density at radius 3 is 2.44 bits per heavy atom. The average molecular weight is 256 g/mol. The Morgan fingerprint density at radius 2 is 1.83 bits per heavy atom. The summed E-state index contributed by atoms with van der Waals surface area (Å²) in [6, 6.07) is 8.14. The predicted octanol–water partition coefficient (Wildman–Crippen LogP) is 3.60. The van der Waals surface area contributed by atoms with Gasteiger partial charge in [-0.1, -0.05) is 48.6 Å². The first-order valence-electron chi connectivity index (χ1n) is 6.01. The zero-order valence-electron chi connectivity index (χ0n) is 11.3. The minimum atomic E-state index is 0.950. The van der Waals surface area contributed by atoms with Crippen LogP contribution in [0.1, 0.15) is 20.8 Å². The molecule has 0 aliphatic rings. The molecular formula is C17H20S. The largest absolute Gasteiger partial charge is 0.143 e. The molecule has 1 aromatic carbocycles. The van der Waals surface area contributed by atoms with Gasteiger partial charge in [-0.05, 0) is 48.9 Å². The second-order valence-electron chi connectivity index (χ2n) is 4.28. The van der Waals surface area contributed by atoms with Gasteiger partial charge in [-0.2, -0.15) is 0 Å². The molecule has 0 aromatic heterocycles. The van der Waals surface area contributed by atoms with Crippen molar-refractivity contribution in [3.05, 3.63) is 69.5 Å². The summed E-state index contributed by atoms with van der Waals surface area (Å²) in [5, 5.41) is 2.23. The number of thiol groups is 1. The van der Waals surface area contributed by atoms with E-state index in [1.807, 2.05) is 37.3 Å². The lowest BCUT2D eigenvalue weighted by Gasteiger charge is -1.96. The Hall–Kier alpha value is -1.47. The second-order valence-corrected chi connectivity index (χ2v) is 4.79. The van der Waals surface area contributed by atoms with Crippen LogP contribution in [0.2, 0.25) is 0 Å². The summed E-state index contributed by atoms with van der Waals surface area (Å²) in [5.41, 5.74) is 2.40. The molecule has 0 fully saturated rings. The lowest BCUT2D eigenvalue weighted by molar-refractivity contribution is 1.47. The molecule has 1 rings (SSSR count). The quantitative estimate of drug-likeness (QED) is 0.620. The zero-order valence-corrected chi connectivity index (χ0v) is 12.2. The summed E-state index contributed by atoms with van der Waals surface area (Å²) in [6.45, 7) is 10.2. The number of hydrogen-bond donors (Lipinski definition) is 1. The maximum Gasteiger partial charge on any atom is 0.00425 e. The molecular weight excluding hydrogens is 236 g/mol. The Balaban J connectivity index is 3.06. The van der Waals surface area contributed by atoms with E-state index in [9.17, 15) is 0 Å². The average Bonchev–Trinajstić information content (AvgIpc) is 2.36. The standard InChI is InChI=1S/C17H20S/c1-5-13(2)12-16(18)11-10-15(4)17-9-7-6-8-14(17)3/h5-12,18H,3H2,1-2,4H3/b11-10-,13-5+,16-12+,17-15+. The van der Waals surface area contributed by atoms with Gasteiger partial charge >= 0.3 is 0 Å². The van der Waals surface area contributed by atoms with Crippen LogP contribution in [0.3, 0.4) is 0 Å². The third-order valence-electron chi connectivity index (χ3n) is 2.78. The van der Waals surface area contributed by atoms with E-state index in [4.69, 9.17) is 0 Å². The molecule has 0 spiro atoms. The van der Waals surface area contributed by atoms with E-state index >= 15 is 0 Å². The Labute approximate surface area is 115 Å². The van der Waals surface area contributed by atoms with E-state index < -0.39 is 0 Å². The summed E-state index contributed by atoms with van der Waals surface area (Å²) in [6.07, 6.45) is 8.19. The zero-order chi connectivity index (χ0) is 13.5. The first-order valence-corrected chi connectivity index (χ1v) is 6.46. The number of hydrogen-bond acceptors (Lipinski definition) is 1. The molecule has 0 radical (unpaired) electrons. The fourth-order valence-corrected chi connectivity index (χ4v) is 1.85. The van der Waals surface area contributed by atoms with Crippen LogP contribution in [0.25, 0.3) is 12.2 Å². The summed E-state index contributed by atoms with van der Waals surface area (Å²) < 4.78 is 0. The number of benzene rings is 1. The van der Waals surface area contributed by atoms with Crippen LogP contribution < -0.4 is 10.4 Å². The van der Waals surface area contributed by atoms with Crippen molar-refractivity contribution < 1.29 is 0 Å². The Bertz CT molecular complexity index is 601. The highest BCUT2D eigenvalue weighted by Crippen LogP contribution is 2.09. The highest BCUT2D eigenvalue weighted by Gasteiger charge is 1.89. The van der Waals surface area contributed by atoms with E-state index in [-0.39, 0.29) is 0 Å². The molecule has 18 heavy (non-hydrogen) atoms. The molecule has 0 bridgehead atoms. The number of rotatable bonds is 3. The summed E-state index contributed by atoms with van der Waals surface area (Å²) in [5.74, 6) is 0. The van der Waals surface area contributed by atoms with Crippen LogP contribution in [0.15, 0.2) is 59.0 Å². The smallest absolute Gasteiger partial charge is 0.00425 e. The molecule has 0 amide bonds. The summed E-state index contributed by atoms with van der Waals surface area (Å²) >= 11 is 4.44. The normalized spacial score (nSPS) is 15.1. The molecule has 94 valence electrons. The van der Waals surface area contributed by atoms with Crippen LogP contribution in [0.5, 0.6) is 0 Å². The van der Waals surface area contributed by atoms with Gasteiger partial charge in [0, 0.05) is 4.91 Å². The highest BCUT2D eigenvalue weighted by atomic mass is 32.1. The molecule has 0 atom stereocenters. The summed E-state index contributed by atoms with van der Waals surface area (Å²) in [4.78, 5) is 0.950. The lowest BCUT2D eigenvalue weighted by Crippen LogP contribution is -2.23. The van der Waals surface area contributed by atoms with Crippen LogP contribution in [-0.4, -0.2) is 0 Å². The van der Waals surface area contributed by atoms with Gasteiger partial charge < -0.3 is 0 Å². The van der Waals surface area contributed by atoms with Crippen molar-refractivity contribution in [1.29, 1.82) is 0 Å². The first-order chi connectivity index (χ1) is 8.54. The maximum atomic E-state index is 4.44. The van der Waals surface area contributed by atoms with Crippen LogP contribution >= 0.6 is 12.6 Å². The van der Waals surface area contributed by atoms with E-state index in [1.54, 1.807) is 0 Å². The van der Waals surface area contributed by atoms with E-state index in [0.29, 0.717) is 0 Å². The van der Waals surface area contributed by atoms with Gasteiger partial charge in [-0.15, -0.1) is 12.6 Å². The Kier molecular flexibility index (Phi) is 5.73. The molecule has 0 saturated carbocycles. The second kappa shape index (κ2) is 7.07. The van der Waals surface area contributed by atoms with Crippen LogP contribution in [0.4, 0.5) is 0 Å². The van der Waals surface area contributed by atoms with Crippen molar-refractivity contribution in [3.8, 4) is 0 Å². The van der Waals surface area contributed by atoms with E-state index in [2.05, 4.69) is 51.3 Å². The molecule has 0 aliphatic carbocycles. The fourth-order valence-electron chi connectivity index (χ4n) is 1.57. The fraction of sp³-hybridized carbons (Fsp3) is 0.176. The monoisotopic (exact) mass is 256 g/mol. The highest BCUT2D eigenvalue weighted by molar-refractivity contribution is 7.84. The summed E-state index contributed by atoms with van der Waals surface area (Å²) in [7, 11) is 0. The molecule has 0 aliphatic heterocycles. The molecule has 0 saturated heterocycles. The third kappa shape index (κ3) is 4.42. The van der Waals surface area contributed by atoms with Crippen molar-refractivity contribution >= 4 is 24.8 Å². The minimum Gasteiger partial charge on any atom is -0.143 e. The lowest BCUT2D eigenvalue weighted by atomic mass is 10.1. The van der Waals surface area contributed by atoms with Crippen molar-refractivity contribution in [1.82, 2.24) is 0 Å². The van der Waals surface area contributed by atoms with Gasteiger partial charge in [0.2, 0.25) is 0 Å². The van der Waals surface area contributed by atoms with Gasteiger partial charge in [-0.3, -0.25) is 0 Å². The predicted molar refractivity (Wildman–Crippen MR) is 85.9 cm³/mol. The topological polar surface area (TPSA) is 0 Å². The van der Waals surface area contributed by atoms with Gasteiger partial charge in [0.05, 0.1) is 0 Å². The minimum absolute atomic E-state index is 0.950. The Morgan fingerprint density at radius 1 is 1.17 bits per heavy atom. The molecule has 1 heteroatoms. The molecule has 0 heterocycles. The van der Waals surface area contributed by atoms with Crippen molar-refractivity contribution in [2.24, 2.45) is 0 Å². The first kappa shape index (κ1) is 14.6. The molecule has 0 N–H and O–H groups in total. The van der Waals surface area contributed by atoms with E-state index in [1.165, 1.54) is 16.4 Å². The van der Waals surface area contributed by atoms with Crippen LogP contribution in [-0.2, 0) is 0 Å². The van der Waals surface area contributed by atoms with Gasteiger partial charge in [0.1, 0.15) is 0 Å². The van der Waals surface area contributed by atoms with Crippen molar-refractivity contribution in [2.75, 3.05) is 0 Å². The van der Waals surface area contributed by atoms with Crippen LogP contribution in [0, 0.1) is 0 Å². The van der Waals surface area contributed by atoms with Crippen molar-refractivity contribution in [3.63, 3.8) is 0 Å². The SMILES string of the molecule is C=c1cccc\c1=C(C)/C=C\C(S)=C/C(C)=C/C. The molecule has 0 nitrogen and oxygen atoms in total. The van der Waals surface area contributed by atoms with Gasteiger partial charge in [0.25, 0.3) is 0 Å². The van der Waals surface area contributed by atoms with Crippen molar-refractivity contribution in [2.45, 2.75) is 20.8 Å². The molecule has 1 aromatic rings. The van der Waals surface area contributed by atoms with E-state index in [0.717, 1.165) is 10.1 Å².